The lowest BCUT2D eigenvalue weighted by Crippen LogP contribution is -2.29. The van der Waals surface area contributed by atoms with Crippen LogP contribution in [0.5, 0.6) is 5.75 Å². The number of benzene rings is 1. The van der Waals surface area contributed by atoms with Gasteiger partial charge in [-0.25, -0.2) is 0 Å². The highest BCUT2D eigenvalue weighted by Gasteiger charge is 2.47. The van der Waals surface area contributed by atoms with E-state index in [0.717, 1.165) is 5.56 Å². The Bertz CT molecular complexity index is 1150. The molecular weight excluding hydrogens is 396 g/mol. The van der Waals surface area contributed by atoms with Crippen molar-refractivity contribution < 1.29 is 23.8 Å². The van der Waals surface area contributed by atoms with Gasteiger partial charge in [0, 0.05) is 24.5 Å². The molecule has 0 saturated carbocycles. The number of hydrogen-bond donors (Lipinski definition) is 1. The molecule has 1 amide bonds. The van der Waals surface area contributed by atoms with Crippen molar-refractivity contribution in [1.29, 1.82) is 0 Å². The minimum absolute atomic E-state index is 0.0168. The van der Waals surface area contributed by atoms with Gasteiger partial charge in [-0.15, -0.1) is 0 Å². The smallest absolute Gasteiger partial charge is 0.296 e. The second-order valence-electron chi connectivity index (χ2n) is 7.20. The summed E-state index contributed by atoms with van der Waals surface area (Å²) in [5.41, 5.74) is 1.13. The highest BCUT2D eigenvalue weighted by Crippen LogP contribution is 2.41. The van der Waals surface area contributed by atoms with E-state index in [1.165, 1.54) is 4.90 Å². The van der Waals surface area contributed by atoms with Crippen LogP contribution < -0.4 is 4.74 Å². The third kappa shape index (κ3) is 3.94. The Balaban J connectivity index is 1.83. The number of rotatable bonds is 6. The van der Waals surface area contributed by atoms with Crippen molar-refractivity contribution in [3.05, 3.63) is 89.1 Å². The van der Waals surface area contributed by atoms with Gasteiger partial charge in [-0.2, -0.15) is 0 Å². The molecule has 4 rings (SSSR count). The van der Waals surface area contributed by atoms with Crippen LogP contribution in [0, 0.1) is 6.92 Å². The third-order valence-corrected chi connectivity index (χ3v) is 5.06. The predicted molar refractivity (Wildman–Crippen MR) is 113 cm³/mol. The van der Waals surface area contributed by atoms with E-state index in [9.17, 15) is 14.7 Å². The number of Topliss-reactive ketones (excluding diaryl/α,β-unsaturated/α-hetero) is 1. The van der Waals surface area contributed by atoms with Crippen LogP contribution in [0.2, 0.25) is 0 Å². The number of aliphatic hydroxyl groups is 1. The zero-order valence-corrected chi connectivity index (χ0v) is 17.2. The lowest BCUT2D eigenvalue weighted by atomic mass is 9.99. The van der Waals surface area contributed by atoms with Crippen LogP contribution in [-0.4, -0.2) is 33.3 Å². The number of ether oxygens (including phenoxy) is 1. The molecule has 3 heterocycles. The van der Waals surface area contributed by atoms with Crippen molar-refractivity contribution >= 4 is 17.4 Å². The van der Waals surface area contributed by atoms with Crippen LogP contribution in [0.25, 0.3) is 5.76 Å². The number of likely N-dealkylation sites (tertiary alicyclic amines) is 1. The van der Waals surface area contributed by atoms with Crippen molar-refractivity contribution in [2.75, 3.05) is 6.61 Å². The molecule has 1 N–H and O–H groups in total. The van der Waals surface area contributed by atoms with E-state index >= 15 is 0 Å². The van der Waals surface area contributed by atoms with Crippen molar-refractivity contribution in [2.24, 2.45) is 0 Å². The van der Waals surface area contributed by atoms with Gasteiger partial charge in [-0.3, -0.25) is 14.6 Å². The number of carbonyl (C=O) groups is 2. The summed E-state index contributed by atoms with van der Waals surface area (Å²) in [5.74, 6) is -0.134. The summed E-state index contributed by atoms with van der Waals surface area (Å²) in [6, 6.07) is 13.0. The SMILES string of the molecule is CCOc1cccc(C(O)=C2C(=O)C(=O)N(Cc3cccnc3)C2c2ccc(C)o2)c1. The first-order chi connectivity index (χ1) is 15.0. The summed E-state index contributed by atoms with van der Waals surface area (Å²) in [5, 5.41) is 11.1. The highest BCUT2D eigenvalue weighted by atomic mass is 16.5. The van der Waals surface area contributed by atoms with E-state index in [0.29, 0.717) is 29.4 Å². The Morgan fingerprint density at radius 1 is 1.19 bits per heavy atom. The molecule has 2 aromatic heterocycles. The average molecular weight is 418 g/mol. The summed E-state index contributed by atoms with van der Waals surface area (Å²) >= 11 is 0. The molecule has 0 spiro atoms. The van der Waals surface area contributed by atoms with E-state index < -0.39 is 17.7 Å². The first-order valence-corrected chi connectivity index (χ1v) is 9.96. The molecule has 158 valence electrons. The van der Waals surface area contributed by atoms with Crippen LogP contribution in [0.1, 0.15) is 35.6 Å². The number of aryl methyl sites for hydroxylation is 1. The molecule has 1 atom stereocenters. The summed E-state index contributed by atoms with van der Waals surface area (Å²) in [4.78, 5) is 31.5. The predicted octanol–water partition coefficient (Wildman–Crippen LogP) is 4.00. The molecular formula is C24H22N2O5. The van der Waals surface area contributed by atoms with Gasteiger partial charge in [-0.05, 0) is 49.7 Å². The second-order valence-corrected chi connectivity index (χ2v) is 7.20. The first kappa shape index (κ1) is 20.4. The number of nitrogens with zero attached hydrogens (tertiary/aromatic N) is 2. The van der Waals surface area contributed by atoms with E-state index in [2.05, 4.69) is 4.98 Å². The van der Waals surface area contributed by atoms with Gasteiger partial charge >= 0.3 is 0 Å². The maximum atomic E-state index is 13.0. The molecule has 0 aliphatic carbocycles. The first-order valence-electron chi connectivity index (χ1n) is 9.96. The van der Waals surface area contributed by atoms with Gasteiger partial charge in [0.15, 0.2) is 0 Å². The summed E-state index contributed by atoms with van der Waals surface area (Å²) in [6.45, 7) is 4.25. The van der Waals surface area contributed by atoms with E-state index in [1.54, 1.807) is 61.8 Å². The number of aromatic nitrogens is 1. The number of ketones is 1. The Morgan fingerprint density at radius 2 is 2.03 bits per heavy atom. The topological polar surface area (TPSA) is 92.9 Å². The molecule has 1 unspecified atom stereocenters. The minimum atomic E-state index is -0.857. The number of pyridine rings is 1. The number of hydrogen-bond acceptors (Lipinski definition) is 6. The largest absolute Gasteiger partial charge is 0.507 e. The van der Waals surface area contributed by atoms with Crippen LogP contribution in [-0.2, 0) is 16.1 Å². The summed E-state index contributed by atoms with van der Waals surface area (Å²) in [7, 11) is 0. The molecule has 1 aliphatic heterocycles. The second kappa shape index (κ2) is 8.47. The Hall–Kier alpha value is -3.87. The van der Waals surface area contributed by atoms with E-state index in [4.69, 9.17) is 9.15 Å². The Labute approximate surface area is 179 Å². The normalized spacial score (nSPS) is 17.9. The lowest BCUT2D eigenvalue weighted by Gasteiger charge is -2.23. The number of carbonyl (C=O) groups excluding carboxylic acids is 2. The third-order valence-electron chi connectivity index (χ3n) is 5.06. The van der Waals surface area contributed by atoms with Gasteiger partial charge in [0.2, 0.25) is 0 Å². The number of aliphatic hydroxyl groups excluding tert-OH is 1. The molecule has 1 saturated heterocycles. The van der Waals surface area contributed by atoms with Gasteiger partial charge in [0.1, 0.15) is 29.1 Å². The van der Waals surface area contributed by atoms with Crippen molar-refractivity contribution in [3.8, 4) is 5.75 Å². The van der Waals surface area contributed by atoms with Gasteiger partial charge in [-0.1, -0.05) is 18.2 Å². The molecule has 0 radical (unpaired) electrons. The van der Waals surface area contributed by atoms with Gasteiger partial charge in [0.25, 0.3) is 11.7 Å². The standard InChI is InChI=1S/C24H22N2O5/c1-3-30-18-8-4-7-17(12-18)22(27)20-21(19-10-9-15(2)31-19)26(24(29)23(20)28)14-16-6-5-11-25-13-16/h4-13,21,27H,3,14H2,1-2H3. The van der Waals surface area contributed by atoms with Crippen LogP contribution >= 0.6 is 0 Å². The monoisotopic (exact) mass is 418 g/mol. The molecule has 7 heteroatoms. The Kier molecular flexibility index (Phi) is 5.58. The summed E-state index contributed by atoms with van der Waals surface area (Å²) < 4.78 is 11.3. The van der Waals surface area contributed by atoms with Crippen molar-refractivity contribution in [2.45, 2.75) is 26.4 Å². The van der Waals surface area contributed by atoms with E-state index in [-0.39, 0.29) is 17.9 Å². The van der Waals surface area contributed by atoms with Gasteiger partial charge < -0.3 is 19.2 Å². The van der Waals surface area contributed by atoms with Gasteiger partial charge in [0.05, 0.1) is 12.2 Å². The molecule has 31 heavy (non-hydrogen) atoms. The van der Waals surface area contributed by atoms with Crippen molar-refractivity contribution in [1.82, 2.24) is 9.88 Å². The van der Waals surface area contributed by atoms with Crippen LogP contribution in [0.3, 0.4) is 0 Å². The zero-order chi connectivity index (χ0) is 22.0. The van der Waals surface area contributed by atoms with Crippen molar-refractivity contribution in [3.63, 3.8) is 0 Å². The molecule has 1 fully saturated rings. The zero-order valence-electron chi connectivity index (χ0n) is 17.2. The molecule has 1 aliphatic rings. The molecule has 0 bridgehead atoms. The van der Waals surface area contributed by atoms with E-state index in [1.807, 2.05) is 13.0 Å². The fourth-order valence-electron chi connectivity index (χ4n) is 3.68. The minimum Gasteiger partial charge on any atom is -0.507 e. The maximum Gasteiger partial charge on any atom is 0.296 e. The van der Waals surface area contributed by atoms with Crippen LogP contribution in [0.15, 0.2) is 70.9 Å². The quantitative estimate of drug-likeness (QED) is 0.369. The Morgan fingerprint density at radius 3 is 2.71 bits per heavy atom. The fourth-order valence-corrected chi connectivity index (χ4v) is 3.68. The molecule has 3 aromatic rings. The molecule has 1 aromatic carbocycles. The maximum absolute atomic E-state index is 13.0. The lowest BCUT2D eigenvalue weighted by molar-refractivity contribution is -0.140. The fraction of sp³-hybridized carbons (Fsp3) is 0.208. The van der Waals surface area contributed by atoms with Crippen LogP contribution in [0.4, 0.5) is 0 Å². The highest BCUT2D eigenvalue weighted by molar-refractivity contribution is 6.46. The number of amides is 1. The number of furan rings is 1. The summed E-state index contributed by atoms with van der Waals surface area (Å²) in [6.07, 6.45) is 3.27. The molecule has 7 nitrogen and oxygen atoms in total. The average Bonchev–Trinajstić information content (AvgIpc) is 3.31.